The highest BCUT2D eigenvalue weighted by Gasteiger charge is 2.23. The quantitative estimate of drug-likeness (QED) is 0.407. The van der Waals surface area contributed by atoms with Gasteiger partial charge in [0.05, 0.1) is 26.2 Å². The van der Waals surface area contributed by atoms with E-state index in [9.17, 15) is 14.9 Å². The van der Waals surface area contributed by atoms with E-state index in [2.05, 4.69) is 20.9 Å². The lowest BCUT2D eigenvalue weighted by Gasteiger charge is -2.04. The van der Waals surface area contributed by atoms with Crippen LogP contribution < -0.4 is 0 Å². The van der Waals surface area contributed by atoms with E-state index < -0.39 is 4.92 Å². The molecule has 1 heterocycles. The van der Waals surface area contributed by atoms with Crippen LogP contribution in [0.5, 0.6) is 0 Å². The number of H-pyrrole nitrogens is 1. The van der Waals surface area contributed by atoms with Gasteiger partial charge in [-0.25, -0.2) is 0 Å². The average molecular weight is 311 g/mol. The Morgan fingerprint density at radius 3 is 2.89 bits per heavy atom. The minimum atomic E-state index is -0.470. The Bertz CT molecular complexity index is 621. The van der Waals surface area contributed by atoms with Crippen LogP contribution >= 0.6 is 15.9 Å². The van der Waals surface area contributed by atoms with Crippen LogP contribution in [-0.4, -0.2) is 20.5 Å². The van der Waals surface area contributed by atoms with E-state index in [1.807, 2.05) is 6.92 Å². The van der Waals surface area contributed by atoms with E-state index in [1.54, 1.807) is 12.1 Å². The molecule has 94 valence electrons. The zero-order valence-corrected chi connectivity index (χ0v) is 11.2. The highest BCUT2D eigenvalue weighted by Crippen LogP contribution is 2.30. The Kier molecular flexibility index (Phi) is 3.47. The zero-order chi connectivity index (χ0) is 13.3. The number of nitrogens with zero attached hydrogens (tertiary/aromatic N) is 1. The summed E-state index contributed by atoms with van der Waals surface area (Å²) in [6.07, 6.45) is 2.16. The van der Waals surface area contributed by atoms with Gasteiger partial charge < -0.3 is 4.98 Å². The van der Waals surface area contributed by atoms with Crippen molar-refractivity contribution >= 4 is 38.3 Å². The molecule has 1 N–H and O–H groups in total. The van der Waals surface area contributed by atoms with Crippen LogP contribution in [0.25, 0.3) is 10.9 Å². The zero-order valence-electron chi connectivity index (χ0n) is 9.64. The van der Waals surface area contributed by atoms with Crippen molar-refractivity contribution in [3.8, 4) is 0 Å². The minimum absolute atomic E-state index is 0.0482. The molecule has 1 unspecified atom stereocenters. The summed E-state index contributed by atoms with van der Waals surface area (Å²) in [5.41, 5.74) is 0.914. The van der Waals surface area contributed by atoms with Crippen LogP contribution in [0.2, 0.25) is 0 Å². The van der Waals surface area contributed by atoms with Gasteiger partial charge in [0, 0.05) is 12.3 Å². The van der Waals surface area contributed by atoms with Crippen molar-refractivity contribution in [2.45, 2.75) is 18.2 Å². The molecular weight excluding hydrogens is 300 g/mol. The summed E-state index contributed by atoms with van der Waals surface area (Å²) in [5.74, 6) is -0.141. The number of aromatic amines is 1. The number of carbonyl (C=O) groups excluding carboxylic acids is 1. The average Bonchev–Trinajstić information content (AvgIpc) is 2.80. The van der Waals surface area contributed by atoms with Gasteiger partial charge in [0.2, 0.25) is 0 Å². The number of halogens is 1. The smallest absolute Gasteiger partial charge is 0.279 e. The van der Waals surface area contributed by atoms with Crippen molar-refractivity contribution in [2.24, 2.45) is 0 Å². The van der Waals surface area contributed by atoms with Crippen LogP contribution in [0.4, 0.5) is 5.69 Å². The highest BCUT2D eigenvalue weighted by atomic mass is 79.9. The molecule has 0 aliphatic carbocycles. The van der Waals surface area contributed by atoms with Crippen molar-refractivity contribution in [3.05, 3.63) is 40.1 Å². The van der Waals surface area contributed by atoms with Gasteiger partial charge in [-0.05, 0) is 12.5 Å². The number of nitrogens with one attached hydrogen (secondary N) is 1. The number of non-ortho nitro benzene ring substituents is 1. The maximum absolute atomic E-state index is 12.1. The lowest BCUT2D eigenvalue weighted by Crippen LogP contribution is -2.12. The van der Waals surface area contributed by atoms with E-state index in [1.165, 1.54) is 12.3 Å². The Labute approximate surface area is 111 Å². The number of alkyl halides is 1. The van der Waals surface area contributed by atoms with Gasteiger partial charge in [-0.1, -0.05) is 28.9 Å². The number of fused-ring (bicyclic) bond motifs is 1. The second kappa shape index (κ2) is 4.89. The number of nitro groups is 1. The predicted octanol–water partition coefficient (Wildman–Crippen LogP) is 3.43. The van der Waals surface area contributed by atoms with Gasteiger partial charge >= 0.3 is 0 Å². The van der Waals surface area contributed by atoms with Gasteiger partial charge in [0.25, 0.3) is 5.69 Å². The monoisotopic (exact) mass is 310 g/mol. The highest BCUT2D eigenvalue weighted by molar-refractivity contribution is 9.10. The summed E-state index contributed by atoms with van der Waals surface area (Å²) in [7, 11) is 0. The van der Waals surface area contributed by atoms with Crippen LogP contribution in [0.15, 0.2) is 24.4 Å². The van der Waals surface area contributed by atoms with E-state index in [0.717, 1.165) is 0 Å². The Balaban J connectivity index is 2.66. The number of carbonyl (C=O) groups is 1. The van der Waals surface area contributed by atoms with Crippen LogP contribution in [0.3, 0.4) is 0 Å². The standard InChI is InChI=1S/C12H11BrN2O3/c1-2-8(13)12(16)7-6-14-9-4-3-5-10(11(7)9)15(17)18/h3-6,8,14H,2H2,1H3. The fourth-order valence-electron chi connectivity index (χ4n) is 1.87. The first-order chi connectivity index (χ1) is 8.56. The number of aromatic nitrogens is 1. The van der Waals surface area contributed by atoms with E-state index in [-0.39, 0.29) is 16.3 Å². The molecule has 1 aromatic heterocycles. The van der Waals surface area contributed by atoms with Gasteiger partial charge in [-0.3, -0.25) is 14.9 Å². The van der Waals surface area contributed by atoms with Gasteiger partial charge in [-0.15, -0.1) is 0 Å². The molecule has 0 aliphatic heterocycles. The minimum Gasteiger partial charge on any atom is -0.360 e. The number of Topliss-reactive ketones (excluding diaryl/α,β-unsaturated/α-hetero) is 1. The molecular formula is C12H11BrN2O3. The molecule has 1 atom stereocenters. The van der Waals surface area contributed by atoms with Crippen molar-refractivity contribution in [1.82, 2.24) is 4.98 Å². The first kappa shape index (κ1) is 12.8. The van der Waals surface area contributed by atoms with Gasteiger partial charge in [0.15, 0.2) is 5.78 Å². The third-order valence-corrected chi connectivity index (χ3v) is 3.85. The third-order valence-electron chi connectivity index (χ3n) is 2.79. The molecule has 0 amide bonds. The van der Waals surface area contributed by atoms with Gasteiger partial charge in [-0.2, -0.15) is 0 Å². The summed E-state index contributed by atoms with van der Waals surface area (Å²) < 4.78 is 0. The van der Waals surface area contributed by atoms with E-state index in [0.29, 0.717) is 22.9 Å². The Morgan fingerprint density at radius 2 is 2.28 bits per heavy atom. The molecule has 6 heteroatoms. The number of hydrogen-bond acceptors (Lipinski definition) is 3. The second-order valence-corrected chi connectivity index (χ2v) is 5.00. The fraction of sp³-hybridized carbons (Fsp3) is 0.250. The molecule has 0 saturated carbocycles. The lowest BCUT2D eigenvalue weighted by atomic mass is 10.0. The van der Waals surface area contributed by atoms with Crippen molar-refractivity contribution < 1.29 is 9.72 Å². The summed E-state index contributed by atoms with van der Waals surface area (Å²) >= 11 is 3.28. The predicted molar refractivity (Wildman–Crippen MR) is 72.3 cm³/mol. The van der Waals surface area contributed by atoms with E-state index >= 15 is 0 Å². The van der Waals surface area contributed by atoms with Gasteiger partial charge in [0.1, 0.15) is 0 Å². The summed E-state index contributed by atoms with van der Waals surface area (Å²) in [5, 5.41) is 11.4. The maximum atomic E-state index is 12.1. The van der Waals surface area contributed by atoms with Crippen LogP contribution in [0, 0.1) is 10.1 Å². The summed E-state index contributed by atoms with van der Waals surface area (Å²) in [4.78, 5) is 25.2. The molecule has 0 saturated heterocycles. The molecule has 2 rings (SSSR count). The molecule has 0 radical (unpaired) electrons. The van der Waals surface area contributed by atoms with Crippen molar-refractivity contribution in [2.75, 3.05) is 0 Å². The van der Waals surface area contributed by atoms with Crippen LogP contribution in [-0.2, 0) is 0 Å². The number of hydrogen-bond donors (Lipinski definition) is 1. The molecule has 1 aromatic carbocycles. The van der Waals surface area contributed by atoms with Crippen LogP contribution in [0.1, 0.15) is 23.7 Å². The second-order valence-electron chi connectivity index (χ2n) is 3.90. The number of rotatable bonds is 4. The third kappa shape index (κ3) is 2.03. The molecule has 0 spiro atoms. The maximum Gasteiger partial charge on any atom is 0.279 e. The Hall–Kier alpha value is -1.69. The fourth-order valence-corrected chi connectivity index (χ4v) is 2.11. The molecule has 18 heavy (non-hydrogen) atoms. The summed E-state index contributed by atoms with van der Waals surface area (Å²) in [6.45, 7) is 1.88. The first-order valence-electron chi connectivity index (χ1n) is 5.49. The molecule has 5 nitrogen and oxygen atoms in total. The van der Waals surface area contributed by atoms with Crippen molar-refractivity contribution in [3.63, 3.8) is 0 Å². The first-order valence-corrected chi connectivity index (χ1v) is 6.40. The summed E-state index contributed by atoms with van der Waals surface area (Å²) in [6, 6.07) is 4.72. The number of benzene rings is 1. The molecule has 2 aromatic rings. The van der Waals surface area contributed by atoms with E-state index in [4.69, 9.17) is 0 Å². The lowest BCUT2D eigenvalue weighted by molar-refractivity contribution is -0.383. The molecule has 0 aliphatic rings. The molecule has 0 bridgehead atoms. The Morgan fingerprint density at radius 1 is 1.56 bits per heavy atom. The SMILES string of the molecule is CCC(Br)C(=O)c1c[nH]c2cccc([N+](=O)[O-])c12. The largest absolute Gasteiger partial charge is 0.360 e. The normalized spacial score (nSPS) is 12.6. The van der Waals surface area contributed by atoms with Crippen molar-refractivity contribution in [1.29, 1.82) is 0 Å². The number of nitro benzene ring substituents is 1. The number of ketones is 1. The molecule has 0 fully saturated rings. The topological polar surface area (TPSA) is 76.0 Å².